The molecule has 0 N–H and O–H groups in total. The Kier molecular flexibility index (Phi) is 6.72. The Morgan fingerprint density at radius 1 is 1.25 bits per heavy atom. The number of thiophene rings is 1. The first-order chi connectivity index (χ1) is 15.3. The molecule has 0 saturated carbocycles. The van der Waals surface area contributed by atoms with Crippen LogP contribution in [0.1, 0.15) is 37.3 Å². The number of thiazole rings is 1. The van der Waals surface area contributed by atoms with Gasteiger partial charge < -0.3 is 4.74 Å². The van der Waals surface area contributed by atoms with Crippen molar-refractivity contribution in [1.29, 1.82) is 0 Å². The minimum Gasteiger partial charge on any atom is -0.462 e. The van der Waals surface area contributed by atoms with Gasteiger partial charge in [0.05, 0.1) is 22.4 Å². The van der Waals surface area contributed by atoms with Gasteiger partial charge in [0, 0.05) is 20.5 Å². The largest absolute Gasteiger partial charge is 0.462 e. The van der Waals surface area contributed by atoms with Gasteiger partial charge in [-0.1, -0.05) is 60.5 Å². The Bertz CT molecular complexity index is 1370. The Morgan fingerprint density at radius 3 is 2.59 bits per heavy atom. The fourth-order valence-corrected chi connectivity index (χ4v) is 5.76. The third-order valence-electron chi connectivity index (χ3n) is 4.88. The zero-order valence-electron chi connectivity index (χ0n) is 17.6. The van der Waals surface area contributed by atoms with E-state index in [1.165, 1.54) is 22.7 Å². The first kappa shape index (κ1) is 23.0. The van der Waals surface area contributed by atoms with Crippen LogP contribution in [0, 0.1) is 5.92 Å². The molecule has 166 valence electrons. The summed E-state index contributed by atoms with van der Waals surface area (Å²) in [5.41, 5.74) is 1.23. The monoisotopic (exact) mass is 506 g/mol. The quantitative estimate of drug-likeness (QED) is 0.466. The van der Waals surface area contributed by atoms with Crippen LogP contribution in [0.3, 0.4) is 0 Å². The number of hydrogen-bond acceptors (Lipinski definition) is 6. The van der Waals surface area contributed by atoms with Crippen molar-refractivity contribution in [2.24, 2.45) is 10.9 Å². The van der Waals surface area contributed by atoms with E-state index in [-0.39, 0.29) is 11.5 Å². The van der Waals surface area contributed by atoms with E-state index in [2.05, 4.69) is 4.99 Å². The van der Waals surface area contributed by atoms with Crippen LogP contribution in [0.4, 0.5) is 0 Å². The maximum Gasteiger partial charge on any atom is 0.338 e. The average molecular weight is 507 g/mol. The smallest absolute Gasteiger partial charge is 0.338 e. The lowest BCUT2D eigenvalue weighted by atomic mass is 10.0. The molecule has 32 heavy (non-hydrogen) atoms. The lowest BCUT2D eigenvalue weighted by Crippen LogP contribution is -2.39. The molecular weight excluding hydrogens is 487 g/mol. The number of carbonyl (C=O) groups excluding carboxylic acids is 1. The predicted octanol–water partition coefficient (Wildman–Crippen LogP) is 4.80. The topological polar surface area (TPSA) is 60.7 Å². The highest BCUT2D eigenvalue weighted by Gasteiger charge is 2.34. The summed E-state index contributed by atoms with van der Waals surface area (Å²) in [6.45, 7) is 6.01. The summed E-state index contributed by atoms with van der Waals surface area (Å²) in [5, 5.41) is 2.82. The molecule has 0 radical (unpaired) electrons. The fourth-order valence-electron chi connectivity index (χ4n) is 3.40. The first-order valence-electron chi connectivity index (χ1n) is 9.95. The summed E-state index contributed by atoms with van der Waals surface area (Å²) in [4.78, 5) is 32.5. The molecule has 0 amide bonds. The third kappa shape index (κ3) is 4.35. The molecular formula is C23H20Cl2N2O3S2. The van der Waals surface area contributed by atoms with Crippen LogP contribution < -0.4 is 14.9 Å². The highest BCUT2D eigenvalue weighted by molar-refractivity contribution is 7.10. The summed E-state index contributed by atoms with van der Waals surface area (Å²) in [6, 6.07) is 8.39. The number of hydrogen-bond donors (Lipinski definition) is 0. The van der Waals surface area contributed by atoms with Gasteiger partial charge in [-0.3, -0.25) is 9.36 Å². The van der Waals surface area contributed by atoms with E-state index in [9.17, 15) is 9.59 Å². The molecule has 2 aromatic heterocycles. The molecule has 0 unspecified atom stereocenters. The van der Waals surface area contributed by atoms with Crippen molar-refractivity contribution in [3.05, 3.63) is 87.2 Å². The van der Waals surface area contributed by atoms with Crippen molar-refractivity contribution < 1.29 is 9.53 Å². The maximum absolute atomic E-state index is 13.5. The first-order valence-corrected chi connectivity index (χ1v) is 12.4. The molecule has 5 nitrogen and oxygen atoms in total. The molecule has 9 heteroatoms. The summed E-state index contributed by atoms with van der Waals surface area (Å²) in [5.74, 6) is -0.261. The van der Waals surface area contributed by atoms with Gasteiger partial charge in [-0.25, -0.2) is 9.79 Å². The van der Waals surface area contributed by atoms with Gasteiger partial charge in [0.2, 0.25) is 0 Å². The second-order valence-corrected chi connectivity index (χ2v) is 10.5. The Balaban J connectivity index is 1.91. The highest BCUT2D eigenvalue weighted by Crippen LogP contribution is 2.33. The molecule has 0 saturated heterocycles. The normalized spacial score (nSPS) is 16.3. The fraction of sp³-hybridized carbons (Fsp3) is 0.261. The third-order valence-corrected chi connectivity index (χ3v) is 7.44. The molecule has 0 bridgehead atoms. The lowest BCUT2D eigenvalue weighted by Gasteiger charge is -2.23. The SMILES string of the molecule is CC1=C(C(=O)OCC(C)C)[C@@H](c2cccs2)n2c(s/c(=C/c3c(Cl)cccc3Cl)c2=O)=N1. The Hall–Kier alpha value is -2.19. The lowest BCUT2D eigenvalue weighted by molar-refractivity contribution is -0.140. The zero-order chi connectivity index (χ0) is 23.0. The van der Waals surface area contributed by atoms with E-state index in [0.29, 0.717) is 42.8 Å². The number of rotatable bonds is 5. The summed E-state index contributed by atoms with van der Waals surface area (Å²) < 4.78 is 7.52. The van der Waals surface area contributed by atoms with Gasteiger partial charge in [-0.05, 0) is 42.5 Å². The molecule has 4 rings (SSSR count). The van der Waals surface area contributed by atoms with E-state index < -0.39 is 12.0 Å². The van der Waals surface area contributed by atoms with Crippen molar-refractivity contribution >= 4 is 57.9 Å². The van der Waals surface area contributed by atoms with Crippen LogP contribution in [-0.2, 0) is 9.53 Å². The molecule has 0 aliphatic carbocycles. The average Bonchev–Trinajstić information content (AvgIpc) is 3.37. The molecule has 1 aromatic carbocycles. The van der Waals surface area contributed by atoms with Crippen LogP contribution >= 0.6 is 45.9 Å². The maximum atomic E-state index is 13.5. The van der Waals surface area contributed by atoms with Gasteiger partial charge in [0.15, 0.2) is 4.80 Å². The van der Waals surface area contributed by atoms with Crippen LogP contribution in [0.15, 0.2) is 56.8 Å². The number of fused-ring (bicyclic) bond motifs is 1. The van der Waals surface area contributed by atoms with Gasteiger partial charge in [0.25, 0.3) is 5.56 Å². The Morgan fingerprint density at radius 2 is 1.97 bits per heavy atom. The zero-order valence-corrected chi connectivity index (χ0v) is 20.7. The van der Waals surface area contributed by atoms with Crippen molar-refractivity contribution in [1.82, 2.24) is 4.57 Å². The number of allylic oxidation sites excluding steroid dienone is 1. The minimum atomic E-state index is -0.602. The van der Waals surface area contributed by atoms with Crippen LogP contribution in [0.25, 0.3) is 6.08 Å². The number of esters is 1. The standard InChI is InChI=1S/C23H20Cl2N2O3S2/c1-12(2)11-30-22(29)19-13(3)26-23-27(20(19)17-8-5-9-31-17)21(28)18(32-23)10-14-15(24)6-4-7-16(14)25/h4-10,12,20H,11H2,1-3H3/b18-10+/t20-/m1/s1. The van der Waals surface area contributed by atoms with Crippen LogP contribution in [-0.4, -0.2) is 17.1 Å². The summed E-state index contributed by atoms with van der Waals surface area (Å²) in [6.07, 6.45) is 1.68. The number of nitrogens with zero attached hydrogens (tertiary/aromatic N) is 2. The molecule has 3 heterocycles. The number of ether oxygens (including phenoxy) is 1. The second-order valence-electron chi connectivity index (χ2n) is 7.72. The molecule has 1 atom stereocenters. The number of carbonyl (C=O) groups is 1. The molecule has 3 aromatic rings. The van der Waals surface area contributed by atoms with Gasteiger partial charge >= 0.3 is 5.97 Å². The van der Waals surface area contributed by atoms with Crippen LogP contribution in [0.5, 0.6) is 0 Å². The molecule has 0 fully saturated rings. The number of benzene rings is 1. The number of halogens is 2. The van der Waals surface area contributed by atoms with Gasteiger partial charge in [-0.2, -0.15) is 0 Å². The second kappa shape index (κ2) is 9.35. The van der Waals surface area contributed by atoms with Gasteiger partial charge in [-0.15, -0.1) is 11.3 Å². The number of aromatic nitrogens is 1. The highest BCUT2D eigenvalue weighted by atomic mass is 35.5. The molecule has 1 aliphatic rings. The minimum absolute atomic E-state index is 0.196. The van der Waals surface area contributed by atoms with Crippen molar-refractivity contribution in [3.63, 3.8) is 0 Å². The van der Waals surface area contributed by atoms with E-state index >= 15 is 0 Å². The summed E-state index contributed by atoms with van der Waals surface area (Å²) >= 11 is 15.3. The van der Waals surface area contributed by atoms with E-state index in [1.807, 2.05) is 31.4 Å². The van der Waals surface area contributed by atoms with Crippen molar-refractivity contribution in [3.8, 4) is 0 Å². The summed E-state index contributed by atoms with van der Waals surface area (Å²) in [7, 11) is 0. The van der Waals surface area contributed by atoms with E-state index in [0.717, 1.165) is 4.88 Å². The van der Waals surface area contributed by atoms with E-state index in [1.54, 1.807) is 35.8 Å². The predicted molar refractivity (Wildman–Crippen MR) is 130 cm³/mol. The Labute approximate surface area is 202 Å². The van der Waals surface area contributed by atoms with Crippen LogP contribution in [0.2, 0.25) is 10.0 Å². The van der Waals surface area contributed by atoms with E-state index in [4.69, 9.17) is 27.9 Å². The van der Waals surface area contributed by atoms with Gasteiger partial charge in [0.1, 0.15) is 6.04 Å². The molecule has 1 aliphatic heterocycles. The molecule has 0 spiro atoms. The van der Waals surface area contributed by atoms with Crippen molar-refractivity contribution in [2.75, 3.05) is 6.61 Å². The van der Waals surface area contributed by atoms with Crippen molar-refractivity contribution in [2.45, 2.75) is 26.8 Å².